The summed E-state index contributed by atoms with van der Waals surface area (Å²) in [7, 11) is 0. The normalized spacial score (nSPS) is 32.9. The standard InChI is InChI=1S/C11H13Cl2N5O3/c1-11(13)6(20)4(2-19)21-9(11)18-3-15-5-7(14)16-10(12)17-8(5)18/h3-4,6,9,19-20H,2H2,1H3,(H2,14,16,17)/t4-,6-,9-,11-/m1/s1. The van der Waals surface area contributed by atoms with Crippen LogP contribution in [-0.2, 0) is 4.74 Å². The summed E-state index contributed by atoms with van der Waals surface area (Å²) in [5.41, 5.74) is 6.44. The van der Waals surface area contributed by atoms with Gasteiger partial charge in [0.1, 0.15) is 22.6 Å². The third-order valence-corrected chi connectivity index (χ3v) is 4.15. The van der Waals surface area contributed by atoms with Gasteiger partial charge in [-0.25, -0.2) is 4.98 Å². The highest BCUT2D eigenvalue weighted by Crippen LogP contribution is 2.44. The number of anilines is 1. The fraction of sp³-hybridized carbons (Fsp3) is 0.545. The largest absolute Gasteiger partial charge is 0.394 e. The molecule has 3 rings (SSSR count). The van der Waals surface area contributed by atoms with Crippen molar-refractivity contribution < 1.29 is 14.9 Å². The minimum Gasteiger partial charge on any atom is -0.394 e. The van der Waals surface area contributed by atoms with Gasteiger partial charge in [0, 0.05) is 0 Å². The lowest BCUT2D eigenvalue weighted by Gasteiger charge is -2.26. The van der Waals surface area contributed by atoms with E-state index in [1.165, 1.54) is 10.9 Å². The summed E-state index contributed by atoms with van der Waals surface area (Å²) in [5, 5.41) is 19.4. The maximum atomic E-state index is 10.1. The lowest BCUT2D eigenvalue weighted by atomic mass is 10.0. The molecule has 0 amide bonds. The van der Waals surface area contributed by atoms with Gasteiger partial charge < -0.3 is 20.7 Å². The van der Waals surface area contributed by atoms with E-state index in [2.05, 4.69) is 15.0 Å². The van der Waals surface area contributed by atoms with Crippen LogP contribution < -0.4 is 5.73 Å². The van der Waals surface area contributed by atoms with Crippen molar-refractivity contribution in [2.24, 2.45) is 0 Å². The van der Waals surface area contributed by atoms with Crippen molar-refractivity contribution in [3.63, 3.8) is 0 Å². The van der Waals surface area contributed by atoms with E-state index in [1.54, 1.807) is 6.92 Å². The number of nitrogens with two attached hydrogens (primary N) is 1. The Bertz CT molecular complexity index is 692. The molecule has 114 valence electrons. The maximum absolute atomic E-state index is 10.1. The van der Waals surface area contributed by atoms with Gasteiger partial charge in [-0.15, -0.1) is 11.6 Å². The second kappa shape index (κ2) is 4.92. The van der Waals surface area contributed by atoms with Gasteiger partial charge in [-0.05, 0) is 18.5 Å². The summed E-state index contributed by atoms with van der Waals surface area (Å²) in [6.07, 6.45) is -1.21. The molecule has 1 saturated heterocycles. The maximum Gasteiger partial charge on any atom is 0.226 e. The van der Waals surface area contributed by atoms with Gasteiger partial charge >= 0.3 is 0 Å². The molecule has 0 bridgehead atoms. The Morgan fingerprint density at radius 1 is 1.52 bits per heavy atom. The number of imidazole rings is 1. The molecule has 8 nitrogen and oxygen atoms in total. The van der Waals surface area contributed by atoms with Crippen molar-refractivity contribution >= 4 is 40.2 Å². The predicted molar refractivity (Wildman–Crippen MR) is 76.0 cm³/mol. The number of hydrogen-bond donors (Lipinski definition) is 3. The fourth-order valence-corrected chi connectivity index (χ4v) is 2.91. The molecule has 10 heteroatoms. The number of rotatable bonds is 2. The molecule has 0 unspecified atom stereocenters. The van der Waals surface area contributed by atoms with E-state index in [9.17, 15) is 10.2 Å². The lowest BCUT2D eigenvalue weighted by Crippen LogP contribution is -2.39. The first-order valence-electron chi connectivity index (χ1n) is 6.15. The Kier molecular flexibility index (Phi) is 3.45. The SMILES string of the molecule is C[C@@]1(Cl)[C@H](O)[C@@H](CO)O[C@H]1n1cnc2c(N)nc(Cl)nc21. The van der Waals surface area contributed by atoms with Crippen molar-refractivity contribution in [2.75, 3.05) is 12.3 Å². The van der Waals surface area contributed by atoms with Gasteiger partial charge in [0.2, 0.25) is 5.28 Å². The average Bonchev–Trinajstić information content (AvgIpc) is 2.91. The van der Waals surface area contributed by atoms with E-state index in [0.29, 0.717) is 11.2 Å². The van der Waals surface area contributed by atoms with Crippen molar-refractivity contribution in [1.29, 1.82) is 0 Å². The van der Waals surface area contributed by atoms with Crippen LogP contribution in [0.2, 0.25) is 5.28 Å². The average molecular weight is 334 g/mol. The Morgan fingerprint density at radius 2 is 2.24 bits per heavy atom. The quantitative estimate of drug-likeness (QED) is 0.534. The van der Waals surface area contributed by atoms with E-state index in [1.807, 2.05) is 0 Å². The van der Waals surface area contributed by atoms with Gasteiger partial charge in [0.05, 0.1) is 12.9 Å². The first-order chi connectivity index (χ1) is 9.86. The molecule has 1 aliphatic heterocycles. The molecule has 0 saturated carbocycles. The first kappa shape index (κ1) is 14.7. The van der Waals surface area contributed by atoms with Crippen molar-refractivity contribution in [3.8, 4) is 0 Å². The number of aliphatic hydroxyl groups is 2. The second-order valence-corrected chi connectivity index (χ2v) is 6.16. The Labute approximate surface area is 129 Å². The summed E-state index contributed by atoms with van der Waals surface area (Å²) >= 11 is 12.2. The van der Waals surface area contributed by atoms with E-state index in [-0.39, 0.29) is 17.7 Å². The Morgan fingerprint density at radius 3 is 2.86 bits per heavy atom. The molecule has 0 spiro atoms. The van der Waals surface area contributed by atoms with Gasteiger partial charge in [-0.3, -0.25) is 4.57 Å². The number of aliphatic hydroxyl groups excluding tert-OH is 2. The van der Waals surface area contributed by atoms with Gasteiger partial charge in [0.15, 0.2) is 17.7 Å². The molecular weight excluding hydrogens is 321 g/mol. The summed E-state index contributed by atoms with van der Waals surface area (Å²) in [5.74, 6) is 0.136. The topological polar surface area (TPSA) is 119 Å². The first-order valence-corrected chi connectivity index (χ1v) is 6.90. The second-order valence-electron chi connectivity index (χ2n) is 5.01. The molecule has 2 aromatic heterocycles. The molecule has 3 heterocycles. The third kappa shape index (κ3) is 2.14. The van der Waals surface area contributed by atoms with Crippen molar-refractivity contribution in [2.45, 2.75) is 30.2 Å². The van der Waals surface area contributed by atoms with Crippen LogP contribution in [0.1, 0.15) is 13.2 Å². The lowest BCUT2D eigenvalue weighted by molar-refractivity contribution is -0.0441. The number of hydrogen-bond acceptors (Lipinski definition) is 7. The predicted octanol–water partition coefficient (Wildman–Crippen LogP) is 0.310. The monoisotopic (exact) mass is 333 g/mol. The molecular formula is C11H13Cl2N5O3. The van der Waals surface area contributed by atoms with Crippen molar-refractivity contribution in [3.05, 3.63) is 11.6 Å². The number of fused-ring (bicyclic) bond motifs is 1. The Balaban J connectivity index is 2.13. The van der Waals surface area contributed by atoms with Crippen LogP contribution in [0.5, 0.6) is 0 Å². The van der Waals surface area contributed by atoms with Crippen LogP contribution in [0.4, 0.5) is 5.82 Å². The minimum absolute atomic E-state index is 0.0321. The summed E-state index contributed by atoms with van der Waals surface area (Å²) in [6.45, 7) is 1.25. The molecule has 2 aromatic rings. The molecule has 0 aromatic carbocycles. The molecule has 0 aliphatic carbocycles. The number of nitrogen functional groups attached to an aromatic ring is 1. The van der Waals surface area contributed by atoms with E-state index < -0.39 is 23.3 Å². The molecule has 21 heavy (non-hydrogen) atoms. The van der Waals surface area contributed by atoms with Crippen LogP contribution in [0.15, 0.2) is 6.33 Å². The molecule has 1 fully saturated rings. The van der Waals surface area contributed by atoms with Gasteiger partial charge in [0.25, 0.3) is 0 Å². The zero-order valence-corrected chi connectivity index (χ0v) is 12.5. The highest BCUT2D eigenvalue weighted by atomic mass is 35.5. The molecule has 0 radical (unpaired) electrons. The highest BCUT2D eigenvalue weighted by Gasteiger charge is 2.53. The number of halogens is 2. The smallest absolute Gasteiger partial charge is 0.226 e. The van der Waals surface area contributed by atoms with Gasteiger partial charge in [-0.1, -0.05) is 0 Å². The third-order valence-electron chi connectivity index (χ3n) is 3.57. The molecule has 4 N–H and O–H groups in total. The summed E-state index contributed by atoms with van der Waals surface area (Å²) < 4.78 is 7.14. The van der Waals surface area contributed by atoms with Crippen LogP contribution in [0, 0.1) is 0 Å². The van der Waals surface area contributed by atoms with Crippen LogP contribution in [0.25, 0.3) is 11.2 Å². The van der Waals surface area contributed by atoms with E-state index in [0.717, 1.165) is 0 Å². The van der Waals surface area contributed by atoms with E-state index >= 15 is 0 Å². The summed E-state index contributed by atoms with van der Waals surface area (Å²) in [4.78, 5) is 10.8. The summed E-state index contributed by atoms with van der Waals surface area (Å²) in [6, 6.07) is 0. The van der Waals surface area contributed by atoms with Crippen LogP contribution >= 0.6 is 23.2 Å². The van der Waals surface area contributed by atoms with Crippen molar-refractivity contribution in [1.82, 2.24) is 19.5 Å². The minimum atomic E-state index is -1.17. The number of aromatic nitrogens is 4. The molecule has 4 atom stereocenters. The molecule has 1 aliphatic rings. The number of nitrogens with zero attached hydrogens (tertiary/aromatic N) is 4. The Hall–Kier alpha value is -1.19. The highest BCUT2D eigenvalue weighted by molar-refractivity contribution is 6.28. The van der Waals surface area contributed by atoms with Crippen LogP contribution in [0.3, 0.4) is 0 Å². The number of alkyl halides is 1. The zero-order chi connectivity index (χ0) is 15.4. The van der Waals surface area contributed by atoms with Gasteiger partial charge in [-0.2, -0.15) is 9.97 Å². The number of ether oxygens (including phenoxy) is 1. The zero-order valence-electron chi connectivity index (χ0n) is 10.9. The fourth-order valence-electron chi connectivity index (χ4n) is 2.45. The van der Waals surface area contributed by atoms with E-state index in [4.69, 9.17) is 33.7 Å². The van der Waals surface area contributed by atoms with Crippen LogP contribution in [-0.4, -0.2) is 53.4 Å².